The summed E-state index contributed by atoms with van der Waals surface area (Å²) < 4.78 is 42.5. The van der Waals surface area contributed by atoms with Crippen molar-refractivity contribution in [2.45, 2.75) is 245 Å². The fourth-order valence-electron chi connectivity index (χ4n) is 8.55. The molecule has 106 heavy (non-hydrogen) atoms. The zero-order valence-corrected chi connectivity index (χ0v) is 70.2. The van der Waals surface area contributed by atoms with Crippen LogP contribution < -0.4 is 5.32 Å². The van der Waals surface area contributed by atoms with Gasteiger partial charge < -0.3 is 88.4 Å². The zero-order chi connectivity index (χ0) is 81.0. The van der Waals surface area contributed by atoms with Gasteiger partial charge in [-0.25, -0.2) is 19.2 Å². The Bertz CT molecular complexity index is 2590. The van der Waals surface area contributed by atoms with Gasteiger partial charge >= 0.3 is 42.3 Å². The molecule has 2 aromatic rings. The van der Waals surface area contributed by atoms with E-state index in [1.165, 1.54) is 14.7 Å². The van der Waals surface area contributed by atoms with Crippen LogP contribution in [0.4, 0.5) is 19.2 Å². The van der Waals surface area contributed by atoms with Crippen molar-refractivity contribution in [2.75, 3.05) is 108 Å². The van der Waals surface area contributed by atoms with Gasteiger partial charge in [0, 0.05) is 107 Å². The van der Waals surface area contributed by atoms with E-state index >= 15 is 0 Å². The lowest BCUT2D eigenvalue weighted by molar-refractivity contribution is -0.153. The number of amides is 4. The lowest BCUT2D eigenvalue weighted by atomic mass is 10.0. The molecule has 0 bridgehead atoms. The van der Waals surface area contributed by atoms with E-state index in [1.807, 2.05) is 195 Å². The Kier molecular flexibility index (Phi) is 68.3. The smallest absolute Gasteiger partial charge is 0.410 e. The highest BCUT2D eigenvalue weighted by molar-refractivity contribution is 5.85. The van der Waals surface area contributed by atoms with E-state index in [-0.39, 0.29) is 105 Å². The van der Waals surface area contributed by atoms with Crippen LogP contribution in [0.25, 0.3) is 0 Å². The number of aliphatic hydroxyl groups is 1. The second-order valence-corrected chi connectivity index (χ2v) is 29.1. The summed E-state index contributed by atoms with van der Waals surface area (Å²) in [7, 11) is 12.2. The topological polar surface area (TPSA) is 351 Å². The molecule has 2 aromatic carbocycles. The third-order valence-electron chi connectivity index (χ3n) is 13.2. The van der Waals surface area contributed by atoms with Crippen LogP contribution in [0.1, 0.15) is 197 Å². The number of aliphatic hydroxyl groups excluding tert-OH is 1. The van der Waals surface area contributed by atoms with Gasteiger partial charge in [0.1, 0.15) is 60.0 Å². The Hall–Kier alpha value is -6.92. The summed E-state index contributed by atoms with van der Waals surface area (Å²) in [5.74, 6) is -1.67. The molecule has 2 rings (SSSR count). The van der Waals surface area contributed by atoms with Crippen LogP contribution in [-0.2, 0) is 75.1 Å². The average Bonchev–Trinajstić information content (AvgIpc) is 0.884. The van der Waals surface area contributed by atoms with Gasteiger partial charge in [-0.1, -0.05) is 110 Å². The number of halogens is 1. The van der Waals surface area contributed by atoms with Crippen LogP contribution >= 0.6 is 12.4 Å². The van der Waals surface area contributed by atoms with E-state index in [9.17, 15) is 43.5 Å². The number of carboxylic acids is 2. The molecule has 0 spiro atoms. The number of aldehydes is 1. The predicted octanol–water partition coefficient (Wildman–Crippen LogP) is 12.6. The Balaban J connectivity index is -0.000000187. The number of benzene rings is 2. The molecule has 0 aliphatic rings. The van der Waals surface area contributed by atoms with Gasteiger partial charge in [-0.2, -0.15) is 0 Å². The Morgan fingerprint density at radius 1 is 0.491 bits per heavy atom. The summed E-state index contributed by atoms with van der Waals surface area (Å²) in [6.07, 6.45) is 1.52. The first-order valence-electron chi connectivity index (χ1n) is 35.4. The maximum atomic E-state index is 12.6. The van der Waals surface area contributed by atoms with Crippen molar-refractivity contribution < 1.29 is 102 Å². The lowest BCUT2D eigenvalue weighted by Gasteiger charge is -2.30. The van der Waals surface area contributed by atoms with Crippen molar-refractivity contribution in [3.63, 3.8) is 0 Å². The number of hydrogen-bond acceptors (Lipinski definition) is 21. The van der Waals surface area contributed by atoms with E-state index in [1.54, 1.807) is 74.9 Å². The van der Waals surface area contributed by atoms with Crippen molar-refractivity contribution in [1.29, 1.82) is 0 Å². The summed E-state index contributed by atoms with van der Waals surface area (Å²) in [5.41, 5.74) is 0.0213. The number of nitrogens with one attached hydrogen (secondary N) is 1. The van der Waals surface area contributed by atoms with E-state index in [0.29, 0.717) is 78.4 Å². The number of carbonyl (C=O) groups is 9. The molecule has 622 valence electrons. The minimum atomic E-state index is -0.833. The number of esters is 2. The van der Waals surface area contributed by atoms with Crippen molar-refractivity contribution in [3.8, 4) is 0 Å². The molecule has 28 nitrogen and oxygen atoms in total. The quantitative estimate of drug-likeness (QED) is 0.0236. The van der Waals surface area contributed by atoms with Crippen LogP contribution in [0.2, 0.25) is 0 Å². The van der Waals surface area contributed by atoms with Crippen molar-refractivity contribution in [3.05, 3.63) is 71.8 Å². The molecule has 0 heterocycles. The Morgan fingerprint density at radius 2 is 0.783 bits per heavy atom. The second-order valence-electron chi connectivity index (χ2n) is 29.1. The van der Waals surface area contributed by atoms with Crippen molar-refractivity contribution >= 4 is 66.9 Å². The van der Waals surface area contributed by atoms with Gasteiger partial charge in [0.15, 0.2) is 6.29 Å². The van der Waals surface area contributed by atoms with Gasteiger partial charge in [-0.15, -0.1) is 12.4 Å². The number of likely N-dealkylation sites (N-methyl/N-ethyl adjacent to an activating group) is 3. The predicted molar refractivity (Wildman–Crippen MR) is 421 cm³/mol. The van der Waals surface area contributed by atoms with E-state index < -0.39 is 46.5 Å². The van der Waals surface area contributed by atoms with Gasteiger partial charge in [-0.3, -0.25) is 29.0 Å². The first kappa shape index (κ1) is 115. The standard InChI is InChI=1S/C22H36N2O4.C15H30N2O4.C13H27NO4.C13H19NO2.C9H17NO3.C2H4O2.C2H6O.CH4.ClH.H2O/c1-17(2)19(20(25)27-16-18-12-9-8-10-13-18)23(6)14-11-15-24(7)21(26)28-22(3,4)5;1-11(2)12(13(18)19)16(6)9-8-10-17(7)14(20)21-15(3,4)5;1-7-16-11(17-8-2)9-10-14(6)12(15)18-13(3,4)5;1-10(2)12(14-3)13(15)16-9-11-7-5-4-6-8-11;1-9(2,3)13-8(12)10(4)6-5-7-11;1-2(3)4;1-2-3;;;/h8-10,12-13,17,19H,11,14-16H2,1-7H3;11-12H,8-10H2,1-7H3,(H,18,19);11H,7-10H2,1-6H3;4-8,10,12,14H,9H2,1-3H3;7H,5-6H2,1-4H3;1H3,(H,3,4);3H,2H2,1H3;1H4;1H;1H2/t19-;12-;;12-;;;;;;/m00.0....../s1. The minimum Gasteiger partial charge on any atom is -0.481 e. The van der Waals surface area contributed by atoms with Gasteiger partial charge in [0.05, 0.1) is 0 Å². The molecule has 0 radical (unpaired) electrons. The number of carbonyl (C=O) groups excluding carboxylic acids is 7. The summed E-state index contributed by atoms with van der Waals surface area (Å²) in [5, 5.41) is 27.2. The summed E-state index contributed by atoms with van der Waals surface area (Å²) in [6.45, 7) is 45.8. The van der Waals surface area contributed by atoms with E-state index in [4.69, 9.17) is 52.9 Å². The second kappa shape index (κ2) is 63.1. The third kappa shape index (κ3) is 66.5. The van der Waals surface area contributed by atoms with E-state index in [2.05, 4.69) is 5.32 Å². The Morgan fingerprint density at radius 3 is 1.05 bits per heavy atom. The van der Waals surface area contributed by atoms with Crippen LogP contribution in [0.3, 0.4) is 0 Å². The SMILES string of the molecule is C.CC(=O)O.CC(C)[C@@H](C(=O)O)N(C)CCCN(C)C(=O)OC(C)(C)C.CC(C)[C@@H](C(=O)OCc1ccccc1)N(C)CCCN(C)C(=O)OC(C)(C)C.CCO.CCOC(CCN(C)C(=O)OC(C)(C)C)OCC.CN(CCC=O)C(=O)OC(C)(C)C.CN[C@H](C(=O)OCc1ccccc1)C(C)C.Cl.O. The Labute approximate surface area is 644 Å². The molecule has 0 unspecified atom stereocenters. The zero-order valence-electron chi connectivity index (χ0n) is 69.4. The molecule has 6 N–H and O–H groups in total. The van der Waals surface area contributed by atoms with Crippen LogP contribution in [0, 0.1) is 17.8 Å². The molecule has 0 saturated heterocycles. The number of hydrogen-bond donors (Lipinski definition) is 4. The summed E-state index contributed by atoms with van der Waals surface area (Å²) in [6, 6.07) is 18.3. The summed E-state index contributed by atoms with van der Waals surface area (Å²) >= 11 is 0. The molecule has 4 amide bonds. The molecule has 0 aliphatic carbocycles. The highest BCUT2D eigenvalue weighted by Gasteiger charge is 2.30. The maximum absolute atomic E-state index is 12.6. The fraction of sp³-hybridized carbons (Fsp3) is 0.727. The number of ether oxygens (including phenoxy) is 8. The summed E-state index contributed by atoms with van der Waals surface area (Å²) in [4.78, 5) is 111. The highest BCUT2D eigenvalue weighted by Crippen LogP contribution is 2.17. The molecular formula is C77H146ClN7O21. The molecule has 0 fully saturated rings. The van der Waals surface area contributed by atoms with Gasteiger partial charge in [0.25, 0.3) is 5.97 Å². The molecule has 0 saturated carbocycles. The number of rotatable bonds is 31. The first-order valence-corrected chi connectivity index (χ1v) is 35.4. The monoisotopic (exact) mass is 1540 g/mol. The fourth-order valence-corrected chi connectivity index (χ4v) is 8.55. The first-order chi connectivity index (χ1) is 47.4. The lowest BCUT2D eigenvalue weighted by Crippen LogP contribution is -2.44. The largest absolute Gasteiger partial charge is 0.481 e. The van der Waals surface area contributed by atoms with Crippen LogP contribution in [-0.4, -0.2) is 260 Å². The molecular weight excluding hydrogens is 1390 g/mol. The minimum absolute atomic E-state index is 0. The number of aliphatic carboxylic acids is 2. The number of nitrogens with zero attached hydrogens (tertiary/aromatic N) is 6. The molecule has 0 aliphatic heterocycles. The van der Waals surface area contributed by atoms with Crippen LogP contribution in [0.15, 0.2) is 60.7 Å². The van der Waals surface area contributed by atoms with E-state index in [0.717, 1.165) is 30.8 Å². The normalized spacial score (nSPS) is 11.6. The molecule has 3 atom stereocenters. The molecule has 29 heteroatoms. The number of carboxylic acid groups (broad SMARTS) is 2. The van der Waals surface area contributed by atoms with Gasteiger partial charge in [-0.05, 0) is 167 Å². The maximum Gasteiger partial charge on any atom is 0.410 e. The third-order valence-corrected chi connectivity index (χ3v) is 13.2. The van der Waals surface area contributed by atoms with Crippen LogP contribution in [0.5, 0.6) is 0 Å². The van der Waals surface area contributed by atoms with Crippen molar-refractivity contribution in [2.24, 2.45) is 17.8 Å². The molecule has 0 aromatic heterocycles. The van der Waals surface area contributed by atoms with Crippen molar-refractivity contribution in [1.82, 2.24) is 34.7 Å². The average molecular weight is 1540 g/mol. The highest BCUT2D eigenvalue weighted by atomic mass is 35.5. The van der Waals surface area contributed by atoms with Gasteiger partial charge in [0.2, 0.25) is 0 Å².